The van der Waals surface area contributed by atoms with Crippen molar-refractivity contribution in [2.24, 2.45) is 16.6 Å². The first kappa shape index (κ1) is 17.7. The van der Waals surface area contributed by atoms with Gasteiger partial charge in [0.2, 0.25) is 0 Å². The van der Waals surface area contributed by atoms with Gasteiger partial charge in [-0.3, -0.25) is 4.79 Å². The quantitative estimate of drug-likeness (QED) is 0.400. The Hall–Kier alpha value is -1.31. The van der Waals surface area contributed by atoms with Gasteiger partial charge in [0, 0.05) is 19.2 Å². The molecule has 2 rings (SSSR count). The topological polar surface area (TPSA) is 79.5 Å². The monoisotopic (exact) mass is 402 g/mol. The van der Waals surface area contributed by atoms with Crippen LogP contribution in [0.15, 0.2) is 29.3 Å². The SMILES string of the molecule is CNC(=O)c1ccc(CN=C(N)NCC2CCC2)cc1.I. The van der Waals surface area contributed by atoms with Crippen molar-refractivity contribution in [3.63, 3.8) is 0 Å². The molecule has 0 heterocycles. The molecule has 1 amide bonds. The number of guanidine groups is 1. The Bertz CT molecular complexity index is 483. The molecule has 4 N–H and O–H groups in total. The van der Waals surface area contributed by atoms with Crippen molar-refractivity contribution >= 4 is 35.8 Å². The zero-order chi connectivity index (χ0) is 14.4. The molecule has 0 bridgehead atoms. The lowest BCUT2D eigenvalue weighted by Crippen LogP contribution is -2.37. The summed E-state index contributed by atoms with van der Waals surface area (Å²) in [5.74, 6) is 1.17. The Balaban J connectivity index is 0.00000220. The van der Waals surface area contributed by atoms with Crippen molar-refractivity contribution in [3.05, 3.63) is 35.4 Å². The predicted octanol–water partition coefficient (Wildman–Crippen LogP) is 1.87. The van der Waals surface area contributed by atoms with Crippen LogP contribution >= 0.6 is 24.0 Å². The maximum absolute atomic E-state index is 11.4. The minimum atomic E-state index is -0.0817. The van der Waals surface area contributed by atoms with Gasteiger partial charge in [0.05, 0.1) is 6.54 Å². The van der Waals surface area contributed by atoms with Gasteiger partial charge in [0.25, 0.3) is 5.91 Å². The molecule has 1 aromatic carbocycles. The molecule has 0 aromatic heterocycles. The van der Waals surface area contributed by atoms with Crippen molar-refractivity contribution in [1.82, 2.24) is 10.6 Å². The lowest BCUT2D eigenvalue weighted by atomic mass is 9.85. The summed E-state index contributed by atoms with van der Waals surface area (Å²) in [6.45, 7) is 1.45. The fraction of sp³-hybridized carbons (Fsp3) is 0.467. The van der Waals surface area contributed by atoms with Gasteiger partial charge in [-0.2, -0.15) is 0 Å². The largest absolute Gasteiger partial charge is 0.370 e. The summed E-state index contributed by atoms with van der Waals surface area (Å²) in [7, 11) is 1.62. The Morgan fingerprint density at radius 3 is 2.52 bits per heavy atom. The van der Waals surface area contributed by atoms with Crippen LogP contribution in [-0.2, 0) is 6.54 Å². The maximum atomic E-state index is 11.4. The van der Waals surface area contributed by atoms with E-state index in [0.717, 1.165) is 18.0 Å². The van der Waals surface area contributed by atoms with Gasteiger partial charge in [0.15, 0.2) is 5.96 Å². The highest BCUT2D eigenvalue weighted by Crippen LogP contribution is 2.24. The standard InChI is InChI=1S/C15H22N4O.HI/c1-17-14(20)13-7-5-12(6-8-13)10-19-15(16)18-9-11-3-2-4-11;/h5-8,11H,2-4,9-10H2,1H3,(H,17,20)(H3,16,18,19);1H. The molecule has 6 heteroatoms. The molecular weight excluding hydrogens is 379 g/mol. The molecule has 5 nitrogen and oxygen atoms in total. The van der Waals surface area contributed by atoms with E-state index in [0.29, 0.717) is 18.1 Å². The highest BCUT2D eigenvalue weighted by Gasteiger charge is 2.16. The first-order chi connectivity index (χ1) is 9.69. The summed E-state index contributed by atoms with van der Waals surface area (Å²) >= 11 is 0. The van der Waals surface area contributed by atoms with Crippen LogP contribution < -0.4 is 16.4 Å². The van der Waals surface area contributed by atoms with Crippen LogP contribution in [0.25, 0.3) is 0 Å². The number of benzene rings is 1. The molecule has 0 aliphatic heterocycles. The minimum Gasteiger partial charge on any atom is -0.370 e. The van der Waals surface area contributed by atoms with Gasteiger partial charge < -0.3 is 16.4 Å². The van der Waals surface area contributed by atoms with E-state index < -0.39 is 0 Å². The first-order valence-electron chi connectivity index (χ1n) is 7.04. The number of amides is 1. The summed E-state index contributed by atoms with van der Waals surface area (Å²) in [5, 5.41) is 5.75. The van der Waals surface area contributed by atoms with Crippen LogP contribution in [-0.4, -0.2) is 25.5 Å². The van der Waals surface area contributed by atoms with E-state index in [1.165, 1.54) is 19.3 Å². The molecule has 0 unspecified atom stereocenters. The smallest absolute Gasteiger partial charge is 0.251 e. The Labute approximate surface area is 142 Å². The number of nitrogens with one attached hydrogen (secondary N) is 2. The number of aliphatic imine (C=N–C) groups is 1. The second kappa shape index (κ2) is 8.86. The molecule has 1 aromatic rings. The molecule has 1 saturated carbocycles. The van der Waals surface area contributed by atoms with Crippen molar-refractivity contribution in [3.8, 4) is 0 Å². The molecule has 0 atom stereocenters. The number of carbonyl (C=O) groups is 1. The second-order valence-electron chi connectivity index (χ2n) is 5.16. The molecule has 1 aliphatic rings. The average molecular weight is 402 g/mol. The number of rotatable bonds is 5. The second-order valence-corrected chi connectivity index (χ2v) is 5.16. The average Bonchev–Trinajstić information content (AvgIpc) is 2.43. The van der Waals surface area contributed by atoms with E-state index in [1.807, 2.05) is 12.1 Å². The predicted molar refractivity (Wildman–Crippen MR) is 95.9 cm³/mol. The van der Waals surface area contributed by atoms with Crippen LogP contribution in [0.3, 0.4) is 0 Å². The lowest BCUT2D eigenvalue weighted by molar-refractivity contribution is 0.0963. The van der Waals surface area contributed by atoms with E-state index in [2.05, 4.69) is 15.6 Å². The van der Waals surface area contributed by atoms with Crippen molar-refractivity contribution in [2.45, 2.75) is 25.8 Å². The molecule has 0 saturated heterocycles. The zero-order valence-electron chi connectivity index (χ0n) is 12.3. The van der Waals surface area contributed by atoms with Crippen molar-refractivity contribution in [1.29, 1.82) is 0 Å². The highest BCUT2D eigenvalue weighted by atomic mass is 127. The van der Waals surface area contributed by atoms with Gasteiger partial charge >= 0.3 is 0 Å². The van der Waals surface area contributed by atoms with E-state index in [4.69, 9.17) is 5.73 Å². The number of nitrogens with zero attached hydrogens (tertiary/aromatic N) is 1. The van der Waals surface area contributed by atoms with Gasteiger partial charge in [-0.1, -0.05) is 18.6 Å². The molecule has 1 aliphatic carbocycles. The highest BCUT2D eigenvalue weighted by molar-refractivity contribution is 14.0. The van der Waals surface area contributed by atoms with Gasteiger partial charge in [-0.05, 0) is 36.5 Å². The summed E-state index contributed by atoms with van der Waals surface area (Å²) in [6.07, 6.45) is 3.92. The van der Waals surface area contributed by atoms with E-state index in [-0.39, 0.29) is 29.9 Å². The van der Waals surface area contributed by atoms with Gasteiger partial charge in [-0.15, -0.1) is 24.0 Å². The van der Waals surface area contributed by atoms with E-state index >= 15 is 0 Å². The Morgan fingerprint density at radius 2 is 2.00 bits per heavy atom. The van der Waals surface area contributed by atoms with E-state index in [9.17, 15) is 4.79 Å². The normalized spacial score (nSPS) is 14.8. The zero-order valence-corrected chi connectivity index (χ0v) is 14.6. The third-order valence-electron chi connectivity index (χ3n) is 3.67. The van der Waals surface area contributed by atoms with E-state index in [1.54, 1.807) is 19.2 Å². The van der Waals surface area contributed by atoms with Crippen LogP contribution in [0, 0.1) is 5.92 Å². The number of hydrogen-bond donors (Lipinski definition) is 3. The number of hydrogen-bond acceptors (Lipinski definition) is 2. The summed E-state index contributed by atoms with van der Waals surface area (Å²) in [4.78, 5) is 15.7. The summed E-state index contributed by atoms with van der Waals surface area (Å²) in [6, 6.07) is 7.38. The fourth-order valence-corrected chi connectivity index (χ4v) is 2.08. The van der Waals surface area contributed by atoms with Crippen LogP contribution in [0.1, 0.15) is 35.2 Å². The fourth-order valence-electron chi connectivity index (χ4n) is 2.08. The lowest BCUT2D eigenvalue weighted by Gasteiger charge is -2.25. The molecule has 0 spiro atoms. The summed E-state index contributed by atoms with van der Waals surface area (Å²) in [5.41, 5.74) is 7.51. The molecule has 1 fully saturated rings. The van der Waals surface area contributed by atoms with Crippen molar-refractivity contribution in [2.75, 3.05) is 13.6 Å². The number of nitrogens with two attached hydrogens (primary N) is 1. The molecular formula is C15H23IN4O. The summed E-state index contributed by atoms with van der Waals surface area (Å²) < 4.78 is 0. The minimum absolute atomic E-state index is 0. The molecule has 21 heavy (non-hydrogen) atoms. The van der Waals surface area contributed by atoms with Crippen molar-refractivity contribution < 1.29 is 4.79 Å². The number of carbonyl (C=O) groups excluding carboxylic acids is 1. The maximum Gasteiger partial charge on any atom is 0.251 e. The van der Waals surface area contributed by atoms with Gasteiger partial charge in [0.1, 0.15) is 0 Å². The van der Waals surface area contributed by atoms with Gasteiger partial charge in [-0.25, -0.2) is 4.99 Å². The Kier molecular flexibility index (Phi) is 7.49. The third kappa shape index (κ3) is 5.53. The van der Waals surface area contributed by atoms with Crippen LogP contribution in [0.4, 0.5) is 0 Å². The number of halogens is 1. The van der Waals surface area contributed by atoms with Crippen LogP contribution in [0.2, 0.25) is 0 Å². The first-order valence-corrected chi connectivity index (χ1v) is 7.04. The third-order valence-corrected chi connectivity index (χ3v) is 3.67. The molecule has 116 valence electrons. The van der Waals surface area contributed by atoms with Crippen LogP contribution in [0.5, 0.6) is 0 Å². The Morgan fingerprint density at radius 1 is 1.33 bits per heavy atom. The molecule has 0 radical (unpaired) electrons.